The molecule has 2 aromatic heterocycles. The van der Waals surface area contributed by atoms with Crippen LogP contribution >= 0.6 is 0 Å². The Labute approximate surface area is 189 Å². The van der Waals surface area contributed by atoms with E-state index >= 15 is 0 Å². The van der Waals surface area contributed by atoms with E-state index in [1.54, 1.807) is 44.6 Å². The lowest BCUT2D eigenvalue weighted by molar-refractivity contribution is -0.116. The number of para-hydroxylation sites is 1. The van der Waals surface area contributed by atoms with E-state index in [0.717, 1.165) is 0 Å². The van der Waals surface area contributed by atoms with Gasteiger partial charge >= 0.3 is 5.63 Å². The summed E-state index contributed by atoms with van der Waals surface area (Å²) in [4.78, 5) is 38.2. The molecule has 0 aliphatic heterocycles. The van der Waals surface area contributed by atoms with Crippen molar-refractivity contribution in [2.24, 2.45) is 7.05 Å². The Morgan fingerprint density at radius 1 is 1.03 bits per heavy atom. The Hall–Kier alpha value is -4.07. The van der Waals surface area contributed by atoms with E-state index in [0.29, 0.717) is 39.0 Å². The van der Waals surface area contributed by atoms with Gasteiger partial charge in [-0.2, -0.15) is 0 Å². The van der Waals surface area contributed by atoms with Crippen molar-refractivity contribution < 1.29 is 14.3 Å². The molecule has 8 nitrogen and oxygen atoms in total. The van der Waals surface area contributed by atoms with Crippen molar-refractivity contribution in [1.29, 1.82) is 0 Å². The summed E-state index contributed by atoms with van der Waals surface area (Å²) >= 11 is 0. The molecule has 0 bridgehead atoms. The van der Waals surface area contributed by atoms with Crippen LogP contribution in [0.4, 0.5) is 5.69 Å². The van der Waals surface area contributed by atoms with Gasteiger partial charge < -0.3 is 14.8 Å². The Morgan fingerprint density at radius 3 is 2.42 bits per heavy atom. The number of anilines is 1. The number of nitrogens with one attached hydrogen (secondary N) is 1. The van der Waals surface area contributed by atoms with Gasteiger partial charge in [-0.25, -0.2) is 9.48 Å². The summed E-state index contributed by atoms with van der Waals surface area (Å²) in [7, 11) is 1.75. The molecule has 33 heavy (non-hydrogen) atoms. The van der Waals surface area contributed by atoms with Gasteiger partial charge in [-0.3, -0.25) is 14.3 Å². The first-order valence-electron chi connectivity index (χ1n) is 10.6. The predicted octanol–water partition coefficient (Wildman–Crippen LogP) is 3.48. The normalized spacial score (nSPS) is 11.2. The van der Waals surface area contributed by atoms with Gasteiger partial charge in [-0.1, -0.05) is 18.2 Å². The average molecular weight is 447 g/mol. The van der Waals surface area contributed by atoms with Gasteiger partial charge in [0.2, 0.25) is 5.91 Å². The summed E-state index contributed by atoms with van der Waals surface area (Å²) < 4.78 is 8.62. The summed E-state index contributed by atoms with van der Waals surface area (Å²) in [6, 6.07) is 12.4. The van der Waals surface area contributed by atoms with Gasteiger partial charge in [0, 0.05) is 30.0 Å². The zero-order valence-corrected chi connectivity index (χ0v) is 18.9. The van der Waals surface area contributed by atoms with Gasteiger partial charge in [0.1, 0.15) is 17.0 Å². The number of rotatable bonds is 5. The monoisotopic (exact) mass is 447 g/mol. The number of aromatic nitrogens is 2. The Bertz CT molecular complexity index is 1490. The minimum absolute atomic E-state index is 0.00723. The van der Waals surface area contributed by atoms with Crippen LogP contribution in [-0.4, -0.2) is 20.4 Å². The molecule has 0 aliphatic rings. The van der Waals surface area contributed by atoms with E-state index in [-0.39, 0.29) is 35.7 Å². The maximum Gasteiger partial charge on any atom is 0.339 e. The molecule has 0 aliphatic carbocycles. The third kappa shape index (κ3) is 3.84. The highest BCUT2D eigenvalue weighted by atomic mass is 16.4. The fourth-order valence-electron chi connectivity index (χ4n) is 4.02. The summed E-state index contributed by atoms with van der Waals surface area (Å²) in [5.41, 5.74) is 2.59. The molecule has 0 spiro atoms. The van der Waals surface area contributed by atoms with Gasteiger partial charge in [-0.05, 0) is 57.0 Å². The van der Waals surface area contributed by atoms with E-state index in [1.807, 2.05) is 30.3 Å². The van der Waals surface area contributed by atoms with Crippen molar-refractivity contribution in [2.45, 2.75) is 33.6 Å². The molecular formula is C25H25N3O5. The molecule has 170 valence electrons. The first kappa shape index (κ1) is 22.1. The summed E-state index contributed by atoms with van der Waals surface area (Å²) in [5.74, 6) is -0.321. The van der Waals surface area contributed by atoms with Crippen molar-refractivity contribution in [3.63, 3.8) is 0 Å². The number of phenolic OH excluding ortho intramolecular Hbond substituents is 1. The van der Waals surface area contributed by atoms with Gasteiger partial charge in [0.15, 0.2) is 0 Å². The van der Waals surface area contributed by atoms with Crippen molar-refractivity contribution in [3.05, 3.63) is 85.6 Å². The lowest BCUT2D eigenvalue weighted by atomic mass is 10.0. The zero-order valence-electron chi connectivity index (χ0n) is 18.9. The van der Waals surface area contributed by atoms with E-state index in [1.165, 1.54) is 4.68 Å². The summed E-state index contributed by atoms with van der Waals surface area (Å²) in [5, 5.41) is 13.3. The average Bonchev–Trinajstić information content (AvgIpc) is 3.00. The molecular weight excluding hydrogens is 422 g/mol. The second-order valence-electron chi connectivity index (χ2n) is 8.06. The van der Waals surface area contributed by atoms with Crippen LogP contribution in [0.25, 0.3) is 16.7 Å². The highest BCUT2D eigenvalue weighted by Crippen LogP contribution is 2.28. The van der Waals surface area contributed by atoms with Crippen LogP contribution in [0.5, 0.6) is 5.75 Å². The SMILES string of the molecule is Cc1c(CCC(=O)Nc2c(C)n(C)n(-c3ccccc3)c2=O)c(=O)oc2c(C)c(O)ccc12. The molecule has 1 amide bonds. The second-order valence-corrected chi connectivity index (χ2v) is 8.06. The predicted molar refractivity (Wildman–Crippen MR) is 126 cm³/mol. The van der Waals surface area contributed by atoms with Gasteiger partial charge in [0.25, 0.3) is 5.56 Å². The van der Waals surface area contributed by atoms with Crippen LogP contribution in [0.1, 0.15) is 28.8 Å². The zero-order chi connectivity index (χ0) is 23.9. The molecule has 0 fully saturated rings. The van der Waals surface area contributed by atoms with Crippen molar-refractivity contribution in [3.8, 4) is 11.4 Å². The highest BCUT2D eigenvalue weighted by Gasteiger charge is 2.19. The van der Waals surface area contributed by atoms with E-state index in [2.05, 4.69) is 5.32 Å². The van der Waals surface area contributed by atoms with Crippen LogP contribution in [-0.2, 0) is 18.3 Å². The molecule has 8 heteroatoms. The number of phenols is 1. The van der Waals surface area contributed by atoms with Crippen LogP contribution < -0.4 is 16.5 Å². The summed E-state index contributed by atoms with van der Waals surface area (Å²) in [6.45, 7) is 5.23. The first-order valence-corrected chi connectivity index (χ1v) is 10.6. The molecule has 0 radical (unpaired) electrons. The molecule has 0 unspecified atom stereocenters. The fourth-order valence-corrected chi connectivity index (χ4v) is 4.02. The highest BCUT2D eigenvalue weighted by molar-refractivity contribution is 5.91. The number of carbonyl (C=O) groups is 1. The van der Waals surface area contributed by atoms with Gasteiger partial charge in [-0.15, -0.1) is 0 Å². The fraction of sp³-hybridized carbons (Fsp3) is 0.240. The number of benzene rings is 2. The number of hydrogen-bond acceptors (Lipinski definition) is 5. The van der Waals surface area contributed by atoms with Crippen molar-refractivity contribution in [1.82, 2.24) is 9.36 Å². The Balaban J connectivity index is 1.58. The number of fused-ring (bicyclic) bond motifs is 1. The number of hydrogen-bond donors (Lipinski definition) is 2. The minimum atomic E-state index is -0.538. The number of amides is 1. The van der Waals surface area contributed by atoms with Crippen molar-refractivity contribution >= 4 is 22.6 Å². The molecule has 4 aromatic rings. The Morgan fingerprint density at radius 2 is 1.73 bits per heavy atom. The molecule has 0 atom stereocenters. The van der Waals surface area contributed by atoms with E-state index in [4.69, 9.17) is 4.42 Å². The largest absolute Gasteiger partial charge is 0.508 e. The molecule has 0 saturated heterocycles. The quantitative estimate of drug-likeness (QED) is 0.456. The van der Waals surface area contributed by atoms with Crippen LogP contribution in [0.2, 0.25) is 0 Å². The minimum Gasteiger partial charge on any atom is -0.508 e. The first-order chi connectivity index (χ1) is 15.7. The van der Waals surface area contributed by atoms with Crippen molar-refractivity contribution in [2.75, 3.05) is 5.32 Å². The molecule has 2 heterocycles. The lowest BCUT2D eigenvalue weighted by Gasteiger charge is -2.10. The molecule has 0 saturated carbocycles. The third-order valence-corrected chi connectivity index (χ3v) is 6.10. The van der Waals surface area contributed by atoms with Crippen LogP contribution in [0, 0.1) is 20.8 Å². The van der Waals surface area contributed by atoms with E-state index in [9.17, 15) is 19.5 Å². The maximum absolute atomic E-state index is 13.0. The van der Waals surface area contributed by atoms with E-state index < -0.39 is 5.63 Å². The number of aromatic hydroxyl groups is 1. The molecule has 4 rings (SSSR count). The third-order valence-electron chi connectivity index (χ3n) is 6.10. The molecule has 2 N–H and O–H groups in total. The number of carbonyl (C=O) groups excluding carboxylic acids is 1. The lowest BCUT2D eigenvalue weighted by Crippen LogP contribution is -2.23. The topological polar surface area (TPSA) is 106 Å². The number of aryl methyl sites for hydroxylation is 2. The maximum atomic E-state index is 13.0. The Kier molecular flexibility index (Phi) is 5.68. The molecule has 2 aromatic carbocycles. The van der Waals surface area contributed by atoms with Crippen LogP contribution in [0.15, 0.2) is 56.5 Å². The second kappa shape index (κ2) is 8.46. The van der Waals surface area contributed by atoms with Crippen LogP contribution in [0.3, 0.4) is 0 Å². The smallest absolute Gasteiger partial charge is 0.339 e. The standard InChI is InChI=1S/C25H25N3O5/c1-14-18-10-12-20(29)15(2)23(18)33-25(32)19(14)11-13-21(30)26-22-16(3)27(4)28(24(22)31)17-8-6-5-7-9-17/h5-10,12,29H,11,13H2,1-4H3,(H,26,30). The summed E-state index contributed by atoms with van der Waals surface area (Å²) in [6.07, 6.45) is 0.169. The number of nitrogens with zero attached hydrogens (tertiary/aromatic N) is 2. The van der Waals surface area contributed by atoms with Gasteiger partial charge in [0.05, 0.1) is 11.4 Å².